The molecule has 1 unspecified atom stereocenters. The Hall–Kier alpha value is -1.55. The van der Waals surface area contributed by atoms with E-state index >= 15 is 0 Å². The molecule has 1 aromatic carbocycles. The molecule has 0 saturated heterocycles. The average molecular weight is 308 g/mol. The third-order valence-electron chi connectivity index (χ3n) is 3.55. The maximum atomic E-state index is 12.3. The summed E-state index contributed by atoms with van der Waals surface area (Å²) >= 11 is 5.88. The zero-order valence-electron chi connectivity index (χ0n) is 12.8. The van der Waals surface area contributed by atoms with Crippen molar-refractivity contribution in [2.45, 2.75) is 39.7 Å². The van der Waals surface area contributed by atoms with Gasteiger partial charge in [-0.05, 0) is 38.0 Å². The quantitative estimate of drug-likeness (QED) is 0.833. The fourth-order valence-electron chi connectivity index (χ4n) is 2.46. The Morgan fingerprint density at radius 2 is 2.24 bits per heavy atom. The van der Waals surface area contributed by atoms with Crippen molar-refractivity contribution in [3.8, 4) is 0 Å². The molecular weight excluding hydrogens is 286 g/mol. The van der Waals surface area contributed by atoms with Gasteiger partial charge in [0.15, 0.2) is 0 Å². The van der Waals surface area contributed by atoms with E-state index < -0.39 is 0 Å². The number of imidazole rings is 1. The van der Waals surface area contributed by atoms with Gasteiger partial charge in [0.1, 0.15) is 11.9 Å². The fraction of sp³-hybridized carbons (Fsp3) is 0.500. The van der Waals surface area contributed by atoms with Gasteiger partial charge in [0.25, 0.3) is 0 Å². The molecule has 1 aromatic heterocycles. The number of aromatic nitrogens is 2. The molecule has 2 aromatic rings. The summed E-state index contributed by atoms with van der Waals surface area (Å²) in [5.41, 5.74) is 3.07. The summed E-state index contributed by atoms with van der Waals surface area (Å²) < 4.78 is 2.00. The van der Waals surface area contributed by atoms with Gasteiger partial charge in [0.05, 0.1) is 11.0 Å². The number of hydrogen-bond donors (Lipinski definition) is 1. The van der Waals surface area contributed by atoms with Gasteiger partial charge in [0, 0.05) is 18.8 Å². The molecule has 114 valence electrons. The molecule has 0 radical (unpaired) electrons. The first kappa shape index (κ1) is 15.8. The van der Waals surface area contributed by atoms with Gasteiger partial charge in [-0.1, -0.05) is 13.0 Å². The van der Waals surface area contributed by atoms with E-state index in [9.17, 15) is 4.79 Å². The molecule has 0 aliphatic rings. The summed E-state index contributed by atoms with van der Waals surface area (Å²) in [4.78, 5) is 16.9. The lowest BCUT2D eigenvalue weighted by Gasteiger charge is -2.17. The number of alkyl halides is 1. The molecule has 1 atom stereocenters. The standard InChI is InChI=1S/C16H22ClN3O/c1-4-9-18-16(21)12(3)20-14-6-5-11(2)10-13(14)19-15(20)7-8-17/h5-6,10,12H,4,7-9H2,1-3H3,(H,18,21). The molecule has 0 saturated carbocycles. The van der Waals surface area contributed by atoms with Gasteiger partial charge in [-0.25, -0.2) is 4.98 Å². The van der Waals surface area contributed by atoms with E-state index in [2.05, 4.69) is 10.3 Å². The van der Waals surface area contributed by atoms with Gasteiger partial charge in [-0.2, -0.15) is 0 Å². The van der Waals surface area contributed by atoms with Crippen molar-refractivity contribution >= 4 is 28.5 Å². The minimum atomic E-state index is -0.289. The van der Waals surface area contributed by atoms with Crippen molar-refractivity contribution in [3.05, 3.63) is 29.6 Å². The molecule has 1 heterocycles. The van der Waals surface area contributed by atoms with Crippen LogP contribution < -0.4 is 5.32 Å². The Kier molecular flexibility index (Phi) is 5.23. The SMILES string of the molecule is CCCNC(=O)C(C)n1c(CCCl)nc2cc(C)ccc21. The summed E-state index contributed by atoms with van der Waals surface area (Å²) in [6, 6.07) is 5.82. The monoisotopic (exact) mass is 307 g/mol. The number of amides is 1. The van der Waals surface area contributed by atoms with Crippen molar-refractivity contribution in [3.63, 3.8) is 0 Å². The van der Waals surface area contributed by atoms with Crippen molar-refractivity contribution in [2.24, 2.45) is 0 Å². The summed E-state index contributed by atoms with van der Waals surface area (Å²) in [7, 11) is 0. The van der Waals surface area contributed by atoms with Gasteiger partial charge in [0.2, 0.25) is 5.91 Å². The number of aryl methyl sites for hydroxylation is 2. The maximum absolute atomic E-state index is 12.3. The highest BCUT2D eigenvalue weighted by molar-refractivity contribution is 6.17. The van der Waals surface area contributed by atoms with Crippen LogP contribution in [0.3, 0.4) is 0 Å². The van der Waals surface area contributed by atoms with Crippen LogP contribution in [0.2, 0.25) is 0 Å². The van der Waals surface area contributed by atoms with Crippen molar-refractivity contribution in [2.75, 3.05) is 12.4 Å². The summed E-state index contributed by atoms with van der Waals surface area (Å²) in [6.45, 7) is 6.68. The highest BCUT2D eigenvalue weighted by Gasteiger charge is 2.20. The molecule has 4 nitrogen and oxygen atoms in total. The maximum Gasteiger partial charge on any atom is 0.242 e. The number of nitrogens with one attached hydrogen (secondary N) is 1. The van der Waals surface area contributed by atoms with Crippen LogP contribution in [0.1, 0.15) is 37.7 Å². The number of carbonyl (C=O) groups excluding carboxylic acids is 1. The Balaban J connectivity index is 2.44. The highest BCUT2D eigenvalue weighted by atomic mass is 35.5. The summed E-state index contributed by atoms with van der Waals surface area (Å²) in [5.74, 6) is 1.38. The number of benzene rings is 1. The van der Waals surface area contributed by atoms with Crippen molar-refractivity contribution in [1.82, 2.24) is 14.9 Å². The highest BCUT2D eigenvalue weighted by Crippen LogP contribution is 2.23. The predicted molar refractivity (Wildman–Crippen MR) is 86.9 cm³/mol. The Morgan fingerprint density at radius 1 is 1.48 bits per heavy atom. The summed E-state index contributed by atoms with van der Waals surface area (Å²) in [6.07, 6.45) is 1.58. The number of hydrogen-bond acceptors (Lipinski definition) is 2. The van der Waals surface area contributed by atoms with Crippen LogP contribution in [0, 0.1) is 6.92 Å². The summed E-state index contributed by atoms with van der Waals surface area (Å²) in [5, 5.41) is 2.95. The van der Waals surface area contributed by atoms with E-state index in [0.717, 1.165) is 28.8 Å². The molecule has 0 aliphatic heterocycles. The topological polar surface area (TPSA) is 46.9 Å². The molecule has 2 rings (SSSR count). The van der Waals surface area contributed by atoms with Gasteiger partial charge in [-0.15, -0.1) is 11.6 Å². The molecule has 0 spiro atoms. The van der Waals surface area contributed by atoms with Crippen LogP contribution in [-0.4, -0.2) is 27.9 Å². The Bertz CT molecular complexity index is 636. The third kappa shape index (κ3) is 3.38. The van der Waals surface area contributed by atoms with Gasteiger partial charge < -0.3 is 9.88 Å². The number of fused-ring (bicyclic) bond motifs is 1. The van der Waals surface area contributed by atoms with E-state index in [0.29, 0.717) is 18.8 Å². The van der Waals surface area contributed by atoms with Crippen LogP contribution in [0.25, 0.3) is 11.0 Å². The van der Waals surface area contributed by atoms with Crippen molar-refractivity contribution in [1.29, 1.82) is 0 Å². The second-order valence-electron chi connectivity index (χ2n) is 5.30. The lowest BCUT2D eigenvalue weighted by molar-refractivity contribution is -0.123. The van der Waals surface area contributed by atoms with Crippen LogP contribution in [-0.2, 0) is 11.2 Å². The molecule has 21 heavy (non-hydrogen) atoms. The molecule has 1 amide bonds. The smallest absolute Gasteiger partial charge is 0.242 e. The third-order valence-corrected chi connectivity index (χ3v) is 3.74. The van der Waals surface area contributed by atoms with E-state index in [1.165, 1.54) is 0 Å². The number of carbonyl (C=O) groups is 1. The molecule has 0 aliphatic carbocycles. The minimum Gasteiger partial charge on any atom is -0.354 e. The second-order valence-corrected chi connectivity index (χ2v) is 5.67. The van der Waals surface area contributed by atoms with Crippen LogP contribution in [0.5, 0.6) is 0 Å². The van der Waals surface area contributed by atoms with Crippen LogP contribution in [0.15, 0.2) is 18.2 Å². The first-order valence-corrected chi connectivity index (χ1v) is 7.93. The molecule has 1 N–H and O–H groups in total. The van der Waals surface area contributed by atoms with Crippen molar-refractivity contribution < 1.29 is 4.79 Å². The minimum absolute atomic E-state index is 0.0209. The van der Waals surface area contributed by atoms with Gasteiger partial charge in [-0.3, -0.25) is 4.79 Å². The predicted octanol–water partition coefficient (Wildman–Crippen LogP) is 3.21. The molecule has 0 bridgehead atoms. The molecular formula is C16H22ClN3O. The largest absolute Gasteiger partial charge is 0.354 e. The Labute approximate surface area is 130 Å². The average Bonchev–Trinajstić information content (AvgIpc) is 2.81. The zero-order valence-corrected chi connectivity index (χ0v) is 13.6. The van der Waals surface area contributed by atoms with Gasteiger partial charge >= 0.3 is 0 Å². The van der Waals surface area contributed by atoms with Crippen LogP contribution in [0.4, 0.5) is 0 Å². The lowest BCUT2D eigenvalue weighted by Crippen LogP contribution is -2.32. The molecule has 5 heteroatoms. The Morgan fingerprint density at radius 3 is 2.90 bits per heavy atom. The first-order chi connectivity index (χ1) is 10.1. The van der Waals surface area contributed by atoms with E-state index in [-0.39, 0.29) is 11.9 Å². The first-order valence-electron chi connectivity index (χ1n) is 7.39. The van der Waals surface area contributed by atoms with E-state index in [1.807, 2.05) is 43.5 Å². The normalized spacial score (nSPS) is 12.6. The zero-order chi connectivity index (χ0) is 15.4. The number of rotatable bonds is 6. The van der Waals surface area contributed by atoms with Crippen LogP contribution >= 0.6 is 11.6 Å². The van der Waals surface area contributed by atoms with E-state index in [1.54, 1.807) is 0 Å². The fourth-order valence-corrected chi connectivity index (χ4v) is 2.63. The number of halogens is 1. The number of nitrogens with zero attached hydrogens (tertiary/aromatic N) is 2. The second kappa shape index (κ2) is 6.94. The lowest BCUT2D eigenvalue weighted by atomic mass is 10.2. The van der Waals surface area contributed by atoms with E-state index in [4.69, 9.17) is 11.6 Å². The molecule has 0 fully saturated rings.